The molecule has 0 fully saturated rings. The van der Waals surface area contributed by atoms with Crippen LogP contribution in [0.4, 0.5) is 9.52 Å². The molecule has 38 heavy (non-hydrogen) atoms. The van der Waals surface area contributed by atoms with E-state index in [2.05, 4.69) is 16.8 Å². The van der Waals surface area contributed by atoms with Crippen LogP contribution in [-0.4, -0.2) is 33.6 Å². The quantitative estimate of drug-likeness (QED) is 0.113. The number of aliphatic hydroxyl groups excluding tert-OH is 1. The molecular formula is C27H20FN3O5S2. The number of carbonyl (C=O) groups is 2. The minimum absolute atomic E-state index is 0.0180. The van der Waals surface area contributed by atoms with Crippen LogP contribution in [0.5, 0.6) is 5.75 Å². The number of halogens is 1. The third kappa shape index (κ3) is 4.98. The fourth-order valence-electron chi connectivity index (χ4n) is 3.91. The maximum atomic E-state index is 14.0. The molecule has 1 amide bonds. The third-order valence-corrected chi connectivity index (χ3v) is 7.78. The van der Waals surface area contributed by atoms with Gasteiger partial charge in [0.05, 0.1) is 17.9 Å². The van der Waals surface area contributed by atoms with E-state index >= 15 is 0 Å². The summed E-state index contributed by atoms with van der Waals surface area (Å²) >= 11 is 2.37. The van der Waals surface area contributed by atoms with Crippen LogP contribution in [0, 0.1) is 5.82 Å². The number of aliphatic hydroxyl groups is 1. The number of Topliss-reactive ketones (excluding diaryl/α,β-unsaturated/α-hetero) is 1. The Bertz CT molecular complexity index is 1520. The summed E-state index contributed by atoms with van der Waals surface area (Å²) in [6.45, 7) is 3.94. The maximum absolute atomic E-state index is 14.0. The number of hydrogen-bond donors (Lipinski definition) is 1. The predicted molar refractivity (Wildman–Crippen MR) is 141 cm³/mol. The van der Waals surface area contributed by atoms with Crippen molar-refractivity contribution in [3.05, 3.63) is 114 Å². The van der Waals surface area contributed by atoms with Gasteiger partial charge in [0, 0.05) is 5.75 Å². The van der Waals surface area contributed by atoms with Crippen molar-refractivity contribution >= 4 is 39.9 Å². The normalized spacial score (nSPS) is 15.2. The number of hydrogen-bond acceptors (Lipinski definition) is 9. The van der Waals surface area contributed by atoms with E-state index in [-0.39, 0.29) is 22.3 Å². The van der Waals surface area contributed by atoms with Crippen molar-refractivity contribution < 1.29 is 28.2 Å². The van der Waals surface area contributed by atoms with Crippen molar-refractivity contribution in [2.45, 2.75) is 16.1 Å². The standard InChI is InChI=1S/C27H20FN3O5S2/c1-2-13-35-18-11-9-16(10-12-18)22-21(23(32)20-8-5-14-36-20)24(33)25(34)31(22)26-29-30-27(38-26)37-15-17-6-3-4-7-19(17)28/h2-12,14,22,33H,1,13,15H2. The van der Waals surface area contributed by atoms with Crippen LogP contribution in [0.25, 0.3) is 0 Å². The first-order valence-electron chi connectivity index (χ1n) is 11.4. The Morgan fingerprint density at radius 2 is 1.97 bits per heavy atom. The molecule has 2 aromatic carbocycles. The van der Waals surface area contributed by atoms with Crippen LogP contribution in [-0.2, 0) is 10.5 Å². The Morgan fingerprint density at radius 1 is 1.18 bits per heavy atom. The van der Waals surface area contributed by atoms with Crippen LogP contribution < -0.4 is 9.64 Å². The van der Waals surface area contributed by atoms with Gasteiger partial charge in [-0.2, -0.15) is 0 Å². The van der Waals surface area contributed by atoms with E-state index in [1.54, 1.807) is 54.6 Å². The second-order valence-corrected chi connectivity index (χ2v) is 10.2. The maximum Gasteiger partial charge on any atom is 0.296 e. The highest BCUT2D eigenvalue weighted by Gasteiger charge is 2.46. The van der Waals surface area contributed by atoms with Gasteiger partial charge in [0.25, 0.3) is 5.91 Å². The lowest BCUT2D eigenvalue weighted by molar-refractivity contribution is -0.117. The minimum Gasteiger partial charge on any atom is -0.503 e. The Labute approximate surface area is 225 Å². The van der Waals surface area contributed by atoms with Crippen molar-refractivity contribution in [3.8, 4) is 5.75 Å². The highest BCUT2D eigenvalue weighted by molar-refractivity contribution is 8.00. The van der Waals surface area contributed by atoms with Gasteiger partial charge in [0.1, 0.15) is 18.2 Å². The molecule has 5 rings (SSSR count). The molecule has 0 radical (unpaired) electrons. The molecule has 1 atom stereocenters. The molecule has 0 saturated heterocycles. The topological polar surface area (TPSA) is 106 Å². The summed E-state index contributed by atoms with van der Waals surface area (Å²) < 4.78 is 25.3. The number of aromatic nitrogens is 2. The van der Waals surface area contributed by atoms with Crippen LogP contribution in [0.15, 0.2) is 99.7 Å². The van der Waals surface area contributed by atoms with E-state index < -0.39 is 23.5 Å². The van der Waals surface area contributed by atoms with Gasteiger partial charge in [0.15, 0.2) is 15.9 Å². The zero-order chi connectivity index (χ0) is 26.6. The first kappa shape index (κ1) is 25.4. The minimum atomic E-state index is -0.995. The molecule has 192 valence electrons. The molecule has 1 aliphatic rings. The van der Waals surface area contributed by atoms with E-state index in [9.17, 15) is 19.1 Å². The van der Waals surface area contributed by atoms with Crippen molar-refractivity contribution in [3.63, 3.8) is 0 Å². The molecule has 1 unspecified atom stereocenters. The fourth-order valence-corrected chi connectivity index (χ4v) is 5.76. The van der Waals surface area contributed by atoms with E-state index in [1.165, 1.54) is 35.1 Å². The summed E-state index contributed by atoms with van der Waals surface area (Å²) in [4.78, 5) is 27.9. The van der Waals surface area contributed by atoms with Crippen molar-refractivity contribution in [2.75, 3.05) is 11.5 Å². The largest absolute Gasteiger partial charge is 0.503 e. The molecular weight excluding hydrogens is 529 g/mol. The van der Waals surface area contributed by atoms with Crippen LogP contribution in [0.2, 0.25) is 0 Å². The smallest absolute Gasteiger partial charge is 0.296 e. The van der Waals surface area contributed by atoms with E-state index in [0.717, 1.165) is 11.3 Å². The van der Waals surface area contributed by atoms with E-state index in [0.29, 0.717) is 33.6 Å². The first-order chi connectivity index (χ1) is 18.5. The number of nitrogens with zero attached hydrogens (tertiary/aromatic N) is 3. The molecule has 0 aliphatic carbocycles. The first-order valence-corrected chi connectivity index (χ1v) is 13.2. The van der Waals surface area contributed by atoms with Crippen LogP contribution in [0.3, 0.4) is 0 Å². The number of carbonyl (C=O) groups excluding carboxylic acids is 2. The predicted octanol–water partition coefficient (Wildman–Crippen LogP) is 5.91. The fraction of sp³-hybridized carbons (Fsp3) is 0.111. The summed E-state index contributed by atoms with van der Waals surface area (Å²) in [5, 5.41) is 19.3. The Kier molecular flexibility index (Phi) is 7.38. The van der Waals surface area contributed by atoms with Crippen LogP contribution >= 0.6 is 23.1 Å². The number of thioether (sulfide) groups is 1. The summed E-state index contributed by atoms with van der Waals surface area (Å²) in [6.07, 6.45) is 2.95. The van der Waals surface area contributed by atoms with E-state index in [1.807, 2.05) is 0 Å². The molecule has 3 heterocycles. The second kappa shape index (κ2) is 11.0. The molecule has 1 N–H and O–H groups in total. The molecule has 2 aromatic heterocycles. The van der Waals surface area contributed by atoms with Gasteiger partial charge in [-0.15, -0.1) is 10.2 Å². The Balaban J connectivity index is 1.48. The Morgan fingerprint density at radius 3 is 2.68 bits per heavy atom. The molecule has 8 nitrogen and oxygen atoms in total. The molecule has 1 aliphatic heterocycles. The molecule has 0 saturated carbocycles. The van der Waals surface area contributed by atoms with Gasteiger partial charge < -0.3 is 14.3 Å². The summed E-state index contributed by atoms with van der Waals surface area (Å²) in [5.41, 5.74) is 0.910. The molecule has 0 spiro atoms. The van der Waals surface area contributed by atoms with Gasteiger partial charge in [-0.25, -0.2) is 4.39 Å². The zero-order valence-corrected chi connectivity index (χ0v) is 21.4. The SMILES string of the molecule is C=CCOc1ccc(C2C(C(=O)c3ccco3)=C(O)C(=O)N2c2nnc(SCc3ccccc3F)s2)cc1. The lowest BCUT2D eigenvalue weighted by Crippen LogP contribution is -2.31. The number of ketones is 1. The van der Waals surface area contributed by atoms with Gasteiger partial charge in [-0.3, -0.25) is 14.5 Å². The average molecular weight is 550 g/mol. The monoisotopic (exact) mass is 549 g/mol. The number of ether oxygens (including phenoxy) is 1. The summed E-state index contributed by atoms with van der Waals surface area (Å²) in [6, 6.07) is 15.2. The lowest BCUT2D eigenvalue weighted by Gasteiger charge is -2.24. The zero-order valence-electron chi connectivity index (χ0n) is 19.7. The van der Waals surface area contributed by atoms with Gasteiger partial charge in [0.2, 0.25) is 10.9 Å². The summed E-state index contributed by atoms with van der Waals surface area (Å²) in [5.74, 6) is -1.57. The average Bonchev–Trinajstić information content (AvgIpc) is 3.68. The molecule has 0 bridgehead atoms. The van der Waals surface area contributed by atoms with Crippen molar-refractivity contribution in [2.24, 2.45) is 0 Å². The van der Waals surface area contributed by atoms with E-state index in [4.69, 9.17) is 9.15 Å². The number of anilines is 1. The van der Waals surface area contributed by atoms with Gasteiger partial charge in [-0.05, 0) is 41.5 Å². The van der Waals surface area contributed by atoms with Crippen molar-refractivity contribution in [1.82, 2.24) is 10.2 Å². The van der Waals surface area contributed by atoms with Crippen molar-refractivity contribution in [1.29, 1.82) is 0 Å². The molecule has 4 aromatic rings. The lowest BCUT2D eigenvalue weighted by atomic mass is 9.95. The highest BCUT2D eigenvalue weighted by atomic mass is 32.2. The summed E-state index contributed by atoms with van der Waals surface area (Å²) in [7, 11) is 0. The van der Waals surface area contributed by atoms with Gasteiger partial charge in [-0.1, -0.05) is 66.1 Å². The second-order valence-electron chi connectivity index (χ2n) is 8.05. The van der Waals surface area contributed by atoms with Gasteiger partial charge >= 0.3 is 0 Å². The number of furan rings is 1. The number of amides is 1. The third-order valence-electron chi connectivity index (χ3n) is 5.67. The molecule has 11 heteroatoms. The number of benzene rings is 2. The van der Waals surface area contributed by atoms with Crippen LogP contribution in [0.1, 0.15) is 27.7 Å². The number of rotatable bonds is 10. The Hall–Kier alpha value is -4.22. The highest BCUT2D eigenvalue weighted by Crippen LogP contribution is 2.44.